The third-order valence-electron chi connectivity index (χ3n) is 3.77. The number of nitrogens with zero attached hydrogens (tertiary/aromatic N) is 3. The normalized spacial score (nSPS) is 10.4. The van der Waals surface area contributed by atoms with Crippen molar-refractivity contribution in [1.82, 2.24) is 9.78 Å². The van der Waals surface area contributed by atoms with E-state index in [-0.39, 0.29) is 23.9 Å². The first-order chi connectivity index (χ1) is 14.0. The third-order valence-corrected chi connectivity index (χ3v) is 3.77. The minimum atomic E-state index is -0.673. The Morgan fingerprint density at radius 2 is 1.97 bits per heavy atom. The van der Waals surface area contributed by atoms with Crippen molar-refractivity contribution in [3.8, 4) is 11.5 Å². The predicted molar refractivity (Wildman–Crippen MR) is 101 cm³/mol. The van der Waals surface area contributed by atoms with Crippen molar-refractivity contribution < 1.29 is 23.6 Å². The van der Waals surface area contributed by atoms with Gasteiger partial charge in [0.05, 0.1) is 11.5 Å². The minimum absolute atomic E-state index is 0.122. The molecule has 150 valence electrons. The van der Waals surface area contributed by atoms with Crippen molar-refractivity contribution in [2.45, 2.75) is 13.7 Å². The quantitative estimate of drug-likeness (QED) is 0.457. The Bertz CT molecular complexity index is 1020. The molecule has 0 saturated carbocycles. The second-order valence-corrected chi connectivity index (χ2v) is 5.79. The molecule has 3 rings (SSSR count). The van der Waals surface area contributed by atoms with Gasteiger partial charge in [0.2, 0.25) is 5.75 Å². The molecular weight excluding hydrogens is 383 g/mol. The molecule has 1 heterocycles. The lowest BCUT2D eigenvalue weighted by atomic mass is 10.3. The number of hydrogen-bond donors (Lipinski definition) is 1. The standard InChI is InChI=1S/C19H17FN4O5/c1-2-28-15-6-4-14(5-7-15)21-19(25)16-9-10-23(22-16)12-29-18-11-13(20)3-8-17(18)24(26)27/h3-11H,2,12H2,1H3,(H,21,25). The smallest absolute Gasteiger partial charge is 0.311 e. The number of halogens is 1. The summed E-state index contributed by atoms with van der Waals surface area (Å²) >= 11 is 0. The predicted octanol–water partition coefficient (Wildman–Crippen LogP) is 3.62. The Labute approximate surface area is 164 Å². The Hall–Kier alpha value is -3.95. The highest BCUT2D eigenvalue weighted by atomic mass is 19.1. The van der Waals surface area contributed by atoms with Crippen molar-refractivity contribution in [2.24, 2.45) is 0 Å². The number of carbonyl (C=O) groups excluding carboxylic acids is 1. The maximum Gasteiger partial charge on any atom is 0.311 e. The molecule has 0 bridgehead atoms. The average Bonchev–Trinajstić information content (AvgIpc) is 3.17. The molecular formula is C19H17FN4O5. The zero-order valence-electron chi connectivity index (χ0n) is 15.4. The van der Waals surface area contributed by atoms with Crippen LogP contribution < -0.4 is 14.8 Å². The van der Waals surface area contributed by atoms with Gasteiger partial charge >= 0.3 is 5.69 Å². The van der Waals surface area contributed by atoms with Gasteiger partial charge in [-0.1, -0.05) is 0 Å². The van der Waals surface area contributed by atoms with E-state index in [1.165, 1.54) is 16.9 Å². The molecule has 1 aromatic heterocycles. The molecule has 1 amide bonds. The largest absolute Gasteiger partial charge is 0.494 e. The molecule has 0 aliphatic rings. The van der Waals surface area contributed by atoms with Crippen LogP contribution in [-0.2, 0) is 6.73 Å². The van der Waals surface area contributed by atoms with Crippen LogP contribution in [0.15, 0.2) is 54.7 Å². The molecule has 10 heteroatoms. The van der Waals surface area contributed by atoms with Gasteiger partial charge in [-0.25, -0.2) is 9.07 Å². The summed E-state index contributed by atoms with van der Waals surface area (Å²) in [4.78, 5) is 22.6. The molecule has 29 heavy (non-hydrogen) atoms. The first kappa shape index (κ1) is 19.8. The van der Waals surface area contributed by atoms with Crippen LogP contribution in [0.4, 0.5) is 15.8 Å². The highest BCUT2D eigenvalue weighted by Gasteiger charge is 2.16. The molecule has 0 unspecified atom stereocenters. The lowest BCUT2D eigenvalue weighted by Crippen LogP contribution is -2.14. The maximum absolute atomic E-state index is 13.3. The summed E-state index contributed by atoms with van der Waals surface area (Å²) in [7, 11) is 0. The molecule has 0 atom stereocenters. The van der Waals surface area contributed by atoms with Crippen molar-refractivity contribution in [3.05, 3.63) is 76.4 Å². The van der Waals surface area contributed by atoms with Gasteiger partial charge in [0, 0.05) is 24.0 Å². The van der Waals surface area contributed by atoms with E-state index in [1.54, 1.807) is 24.3 Å². The fraction of sp³-hybridized carbons (Fsp3) is 0.158. The zero-order valence-corrected chi connectivity index (χ0v) is 15.4. The molecule has 0 aliphatic heterocycles. The van der Waals surface area contributed by atoms with Crippen molar-refractivity contribution in [1.29, 1.82) is 0 Å². The number of anilines is 1. The molecule has 0 spiro atoms. The number of nitro groups is 1. The van der Waals surface area contributed by atoms with E-state index in [2.05, 4.69) is 10.4 Å². The van der Waals surface area contributed by atoms with Crippen LogP contribution >= 0.6 is 0 Å². The number of carbonyl (C=O) groups is 1. The second-order valence-electron chi connectivity index (χ2n) is 5.79. The molecule has 1 N–H and O–H groups in total. The van der Waals surface area contributed by atoms with E-state index in [9.17, 15) is 19.3 Å². The number of nitrogens with one attached hydrogen (secondary N) is 1. The topological polar surface area (TPSA) is 109 Å². The molecule has 9 nitrogen and oxygen atoms in total. The van der Waals surface area contributed by atoms with Gasteiger partial charge in [-0.2, -0.15) is 5.10 Å². The zero-order chi connectivity index (χ0) is 20.8. The second kappa shape index (κ2) is 8.83. The van der Waals surface area contributed by atoms with Crippen LogP contribution in [0.1, 0.15) is 17.4 Å². The number of amides is 1. The number of rotatable bonds is 8. The summed E-state index contributed by atoms with van der Waals surface area (Å²) in [5.41, 5.74) is 0.322. The van der Waals surface area contributed by atoms with E-state index in [0.717, 1.165) is 18.2 Å². The third kappa shape index (κ3) is 5.06. The maximum atomic E-state index is 13.3. The fourth-order valence-corrected chi connectivity index (χ4v) is 2.44. The van der Waals surface area contributed by atoms with E-state index in [4.69, 9.17) is 9.47 Å². The van der Waals surface area contributed by atoms with Crippen LogP contribution in [0.2, 0.25) is 0 Å². The number of hydrogen-bond acceptors (Lipinski definition) is 6. The number of nitro benzene ring substituents is 1. The molecule has 0 saturated heterocycles. The number of benzene rings is 2. The molecule has 0 fully saturated rings. The summed E-state index contributed by atoms with van der Waals surface area (Å²) in [5, 5.41) is 17.7. The van der Waals surface area contributed by atoms with Crippen LogP contribution in [-0.4, -0.2) is 27.2 Å². The van der Waals surface area contributed by atoms with E-state index < -0.39 is 16.6 Å². The highest BCUT2D eigenvalue weighted by Crippen LogP contribution is 2.27. The molecule has 0 aliphatic carbocycles. The van der Waals surface area contributed by atoms with Crippen LogP contribution in [0.5, 0.6) is 11.5 Å². The molecule has 0 radical (unpaired) electrons. The van der Waals surface area contributed by atoms with Crippen LogP contribution in [0.3, 0.4) is 0 Å². The van der Waals surface area contributed by atoms with Gasteiger partial charge in [0.15, 0.2) is 12.4 Å². The Kier molecular flexibility index (Phi) is 6.03. The Balaban J connectivity index is 1.62. The van der Waals surface area contributed by atoms with Crippen molar-refractivity contribution in [2.75, 3.05) is 11.9 Å². The SMILES string of the molecule is CCOc1ccc(NC(=O)c2ccn(COc3cc(F)ccc3[N+](=O)[O-])n2)cc1. The summed E-state index contributed by atoms with van der Waals surface area (Å²) in [6, 6.07) is 11.2. The Morgan fingerprint density at radius 3 is 2.66 bits per heavy atom. The number of aromatic nitrogens is 2. The van der Waals surface area contributed by atoms with E-state index >= 15 is 0 Å². The van der Waals surface area contributed by atoms with Crippen molar-refractivity contribution in [3.63, 3.8) is 0 Å². The monoisotopic (exact) mass is 400 g/mol. The first-order valence-electron chi connectivity index (χ1n) is 8.60. The molecule has 2 aromatic carbocycles. The van der Waals surface area contributed by atoms with Gasteiger partial charge in [-0.05, 0) is 43.3 Å². The highest BCUT2D eigenvalue weighted by molar-refractivity contribution is 6.02. The van der Waals surface area contributed by atoms with E-state index in [0.29, 0.717) is 18.0 Å². The van der Waals surface area contributed by atoms with E-state index in [1.807, 2.05) is 6.92 Å². The summed E-state index contributed by atoms with van der Waals surface area (Å²) in [6.07, 6.45) is 1.47. The summed E-state index contributed by atoms with van der Waals surface area (Å²) < 4.78 is 25.2. The van der Waals surface area contributed by atoms with Gasteiger partial charge < -0.3 is 14.8 Å². The minimum Gasteiger partial charge on any atom is -0.494 e. The van der Waals surface area contributed by atoms with Gasteiger partial charge in [0.25, 0.3) is 5.91 Å². The van der Waals surface area contributed by atoms with Crippen LogP contribution in [0.25, 0.3) is 0 Å². The fourth-order valence-electron chi connectivity index (χ4n) is 2.44. The van der Waals surface area contributed by atoms with Gasteiger partial charge in [-0.3, -0.25) is 14.9 Å². The molecule has 3 aromatic rings. The van der Waals surface area contributed by atoms with Gasteiger partial charge in [-0.15, -0.1) is 0 Å². The van der Waals surface area contributed by atoms with Gasteiger partial charge in [0.1, 0.15) is 11.6 Å². The lowest BCUT2D eigenvalue weighted by Gasteiger charge is -2.07. The van der Waals surface area contributed by atoms with Crippen LogP contribution in [0, 0.1) is 15.9 Å². The lowest BCUT2D eigenvalue weighted by molar-refractivity contribution is -0.386. The number of ether oxygens (including phenoxy) is 2. The Morgan fingerprint density at radius 1 is 1.21 bits per heavy atom. The first-order valence-corrected chi connectivity index (χ1v) is 8.60. The summed E-state index contributed by atoms with van der Waals surface area (Å²) in [5.74, 6) is -0.643. The summed E-state index contributed by atoms with van der Waals surface area (Å²) in [6.45, 7) is 2.19. The van der Waals surface area contributed by atoms with Crippen molar-refractivity contribution >= 4 is 17.3 Å². The average molecular weight is 400 g/mol.